The molecule has 0 atom stereocenters. The lowest BCUT2D eigenvalue weighted by atomic mass is 9.99. The molecule has 0 heterocycles. The van der Waals surface area contributed by atoms with Gasteiger partial charge in [-0.25, -0.2) is 4.99 Å². The largest absolute Gasteiger partial charge is 0.251 e. The lowest BCUT2D eigenvalue weighted by Gasteiger charge is -2.12. The van der Waals surface area contributed by atoms with Crippen LogP contribution in [0.25, 0.3) is 0 Å². The van der Waals surface area contributed by atoms with E-state index < -0.39 is 0 Å². The van der Waals surface area contributed by atoms with Gasteiger partial charge >= 0.3 is 0 Å². The van der Waals surface area contributed by atoms with E-state index in [0.717, 1.165) is 61.3 Å². The van der Waals surface area contributed by atoms with Crippen LogP contribution in [0.15, 0.2) is 58.5 Å². The molecule has 0 saturated carbocycles. The minimum absolute atomic E-state index is 0.869. The van der Waals surface area contributed by atoms with Crippen molar-refractivity contribution in [2.24, 2.45) is 9.98 Å². The third-order valence-electron chi connectivity index (χ3n) is 14.5. The monoisotopic (exact) mass is 935 g/mol. The molecule has 2 aromatic rings. The van der Waals surface area contributed by atoms with Crippen LogP contribution < -0.4 is 0 Å². The molecule has 0 amide bonds. The predicted molar refractivity (Wildman–Crippen MR) is 310 cm³/mol. The van der Waals surface area contributed by atoms with E-state index in [-0.39, 0.29) is 0 Å². The predicted octanol–water partition coefficient (Wildman–Crippen LogP) is 23.0. The van der Waals surface area contributed by atoms with E-state index in [1.54, 1.807) is 0 Å². The smallest absolute Gasteiger partial charge is 0.0848 e. The van der Waals surface area contributed by atoms with Gasteiger partial charge in [0.1, 0.15) is 0 Å². The molecule has 0 aliphatic heterocycles. The molecule has 0 bridgehead atoms. The topological polar surface area (TPSA) is 24.7 Å². The SMILES string of the molecule is CCCCCCCCCCCCCCCCCCCCCCCCCCCCC=CC(=Nc1cc(CCCCC)cc(CCCCC)c1)C(CC)=Nc1cc(CCCCC)cc(CCCCC)c1. The molecule has 0 radical (unpaired) electrons. The van der Waals surface area contributed by atoms with Crippen molar-refractivity contribution in [1.82, 2.24) is 0 Å². The van der Waals surface area contributed by atoms with E-state index >= 15 is 0 Å². The summed E-state index contributed by atoms with van der Waals surface area (Å²) in [6.07, 6.45) is 63.9. The normalized spacial score (nSPS) is 12.3. The van der Waals surface area contributed by atoms with Crippen LogP contribution >= 0.6 is 0 Å². The van der Waals surface area contributed by atoms with Gasteiger partial charge in [-0.2, -0.15) is 0 Å². The Hall–Kier alpha value is -2.48. The molecule has 0 spiro atoms. The Bertz CT molecular complexity index is 1470. The number of hydrogen-bond acceptors (Lipinski definition) is 2. The summed E-state index contributed by atoms with van der Waals surface area (Å²) in [5.41, 5.74) is 10.2. The van der Waals surface area contributed by atoms with Crippen LogP contribution in [-0.2, 0) is 25.7 Å². The van der Waals surface area contributed by atoms with E-state index in [1.807, 2.05) is 0 Å². The van der Waals surface area contributed by atoms with Gasteiger partial charge in [-0.05, 0) is 123 Å². The molecule has 0 unspecified atom stereocenters. The first kappa shape index (κ1) is 61.6. The van der Waals surface area contributed by atoms with Crippen molar-refractivity contribution in [3.8, 4) is 0 Å². The van der Waals surface area contributed by atoms with Gasteiger partial charge < -0.3 is 0 Å². The van der Waals surface area contributed by atoms with Gasteiger partial charge in [-0.15, -0.1) is 0 Å². The maximum Gasteiger partial charge on any atom is 0.0848 e. The van der Waals surface area contributed by atoms with Gasteiger partial charge in [0.05, 0.1) is 22.8 Å². The van der Waals surface area contributed by atoms with Crippen molar-refractivity contribution in [3.63, 3.8) is 0 Å². The highest BCUT2D eigenvalue weighted by Crippen LogP contribution is 2.26. The summed E-state index contributed by atoms with van der Waals surface area (Å²) in [4.78, 5) is 11.0. The summed E-state index contributed by atoms with van der Waals surface area (Å²) in [5.74, 6) is 0. The number of allylic oxidation sites excluding steroid dienone is 2. The Morgan fingerprint density at radius 3 is 0.868 bits per heavy atom. The first-order valence-corrected chi connectivity index (χ1v) is 30.6. The Labute approximate surface area is 425 Å². The third-order valence-corrected chi connectivity index (χ3v) is 14.5. The number of aryl methyl sites for hydroxylation is 4. The molecule has 388 valence electrons. The van der Waals surface area contributed by atoms with Crippen LogP contribution in [0, 0.1) is 0 Å². The molecule has 2 nitrogen and oxygen atoms in total. The molecule has 0 N–H and O–H groups in total. The highest BCUT2D eigenvalue weighted by molar-refractivity contribution is 6.47. The Morgan fingerprint density at radius 1 is 0.309 bits per heavy atom. The van der Waals surface area contributed by atoms with Gasteiger partial charge in [0.15, 0.2) is 0 Å². The van der Waals surface area contributed by atoms with Crippen LogP contribution in [0.2, 0.25) is 0 Å². The lowest BCUT2D eigenvalue weighted by Crippen LogP contribution is -2.10. The first-order chi connectivity index (χ1) is 33.6. The second-order valence-corrected chi connectivity index (χ2v) is 21.3. The van der Waals surface area contributed by atoms with Crippen LogP contribution in [0.1, 0.15) is 321 Å². The fraction of sp³-hybridized carbons (Fsp3) is 0.758. The average Bonchev–Trinajstić information content (AvgIpc) is 3.34. The molecule has 0 fully saturated rings. The number of benzene rings is 2. The zero-order valence-corrected chi connectivity index (χ0v) is 46.6. The van der Waals surface area contributed by atoms with Gasteiger partial charge in [-0.1, -0.05) is 272 Å². The number of unbranched alkanes of at least 4 members (excludes halogenated alkanes) is 34. The number of nitrogens with zero attached hydrogens (tertiary/aromatic N) is 2. The standard InChI is InChI=1S/C66H114N2/c1-7-13-18-19-20-21-22-23-24-25-26-27-28-29-30-31-32-33-34-35-36-37-38-39-40-41-42-47-52-66(68-64-57-61(50-45-16-10-4)54-62(58-64)51-46-17-11-5)65(12-6)67-63-55-59(48-43-14-8-2)53-60(56-63)49-44-15-9-3/h47,52-58H,7-46,48-51H2,1-6H3. The van der Waals surface area contributed by atoms with Crippen molar-refractivity contribution in [3.05, 3.63) is 70.8 Å². The van der Waals surface area contributed by atoms with Gasteiger partial charge in [0.2, 0.25) is 0 Å². The molecule has 0 aromatic heterocycles. The summed E-state index contributed by atoms with van der Waals surface area (Å²) in [6.45, 7) is 13.8. The Kier molecular flexibility index (Phi) is 41.4. The maximum atomic E-state index is 5.50. The van der Waals surface area contributed by atoms with E-state index in [4.69, 9.17) is 9.98 Å². The van der Waals surface area contributed by atoms with Crippen LogP contribution in [-0.4, -0.2) is 11.4 Å². The van der Waals surface area contributed by atoms with Crippen LogP contribution in [0.5, 0.6) is 0 Å². The quantitative estimate of drug-likeness (QED) is 0.0467. The zero-order valence-electron chi connectivity index (χ0n) is 46.6. The van der Waals surface area contributed by atoms with Crippen molar-refractivity contribution in [2.45, 2.75) is 324 Å². The molecule has 68 heavy (non-hydrogen) atoms. The second kappa shape index (κ2) is 45.6. The average molecular weight is 936 g/mol. The summed E-state index contributed by atoms with van der Waals surface area (Å²) in [5, 5.41) is 0. The number of rotatable bonds is 48. The van der Waals surface area contributed by atoms with Crippen molar-refractivity contribution in [1.29, 1.82) is 0 Å². The summed E-state index contributed by atoms with van der Waals surface area (Å²) >= 11 is 0. The molecule has 0 saturated heterocycles. The minimum Gasteiger partial charge on any atom is -0.251 e. The molecular formula is C66H114N2. The zero-order chi connectivity index (χ0) is 48.8. The number of hydrogen-bond donors (Lipinski definition) is 0. The van der Waals surface area contributed by atoms with E-state index in [2.05, 4.69) is 90.1 Å². The van der Waals surface area contributed by atoms with Crippen molar-refractivity contribution in [2.75, 3.05) is 0 Å². The van der Waals surface area contributed by atoms with Gasteiger partial charge in [-0.3, -0.25) is 4.99 Å². The lowest BCUT2D eigenvalue weighted by molar-refractivity contribution is 0.515. The van der Waals surface area contributed by atoms with Gasteiger partial charge in [0.25, 0.3) is 0 Å². The van der Waals surface area contributed by atoms with E-state index in [1.165, 1.54) is 266 Å². The van der Waals surface area contributed by atoms with Crippen LogP contribution in [0.3, 0.4) is 0 Å². The highest BCUT2D eigenvalue weighted by Gasteiger charge is 2.10. The third kappa shape index (κ3) is 33.9. The second-order valence-electron chi connectivity index (χ2n) is 21.3. The Balaban J connectivity index is 1.88. The van der Waals surface area contributed by atoms with E-state index in [0.29, 0.717) is 0 Å². The molecule has 2 aromatic carbocycles. The Morgan fingerprint density at radius 2 is 0.574 bits per heavy atom. The molecule has 2 rings (SSSR count). The minimum atomic E-state index is 0.869. The molecule has 0 aliphatic carbocycles. The molecule has 0 aliphatic rings. The summed E-state index contributed by atoms with van der Waals surface area (Å²) in [7, 11) is 0. The maximum absolute atomic E-state index is 5.50. The van der Waals surface area contributed by atoms with Crippen molar-refractivity contribution < 1.29 is 0 Å². The molecular weight excluding hydrogens is 821 g/mol. The first-order valence-electron chi connectivity index (χ1n) is 30.6. The fourth-order valence-electron chi connectivity index (χ4n) is 10.1. The van der Waals surface area contributed by atoms with Gasteiger partial charge in [0, 0.05) is 0 Å². The molecule has 2 heteroatoms. The van der Waals surface area contributed by atoms with Crippen molar-refractivity contribution >= 4 is 22.8 Å². The summed E-state index contributed by atoms with van der Waals surface area (Å²) < 4.78 is 0. The highest BCUT2D eigenvalue weighted by atomic mass is 14.8. The fourth-order valence-corrected chi connectivity index (χ4v) is 10.1. The number of aliphatic imine (C=N–C) groups is 2. The van der Waals surface area contributed by atoms with Crippen LogP contribution in [0.4, 0.5) is 11.4 Å². The van der Waals surface area contributed by atoms with E-state index in [9.17, 15) is 0 Å². The summed E-state index contributed by atoms with van der Waals surface area (Å²) in [6, 6.07) is 14.4.